The normalized spacial score (nSPS) is 10.8. The second kappa shape index (κ2) is 6.91. The lowest BCUT2D eigenvalue weighted by Crippen LogP contribution is -2.07. The average molecular weight is 462 g/mol. The fraction of sp³-hybridized carbons (Fsp3) is 0.333. The van der Waals surface area contributed by atoms with Gasteiger partial charge in [0, 0.05) is 17.1 Å². The Balaban J connectivity index is 2.66. The van der Waals surface area contributed by atoms with E-state index in [1.165, 1.54) is 0 Å². The molecule has 0 aliphatic rings. The maximum atomic E-state index is 5.30. The third kappa shape index (κ3) is 3.48. The summed E-state index contributed by atoms with van der Waals surface area (Å²) in [6.07, 6.45) is 0. The molecule has 0 aliphatic heterocycles. The molecule has 0 amide bonds. The van der Waals surface area contributed by atoms with Crippen LogP contribution in [0.2, 0.25) is 0 Å². The van der Waals surface area contributed by atoms with Crippen LogP contribution in [0, 0.1) is 3.57 Å². The molecule has 1 N–H and O–H groups in total. The summed E-state index contributed by atoms with van der Waals surface area (Å²) >= 11 is 5.86. The summed E-state index contributed by atoms with van der Waals surface area (Å²) < 4.78 is 7.30. The standard InChI is InChI=1S/C15H17BrIN3O/c1-8(2)13-12(17)15(18-3)20-14(19-13)10-7-9(21-4)5-6-11(10)16/h5-8H,1-4H3,(H,18,19,20). The Morgan fingerprint density at radius 1 is 1.29 bits per heavy atom. The molecule has 0 aliphatic carbocycles. The van der Waals surface area contributed by atoms with Crippen LogP contribution in [0.4, 0.5) is 5.82 Å². The Morgan fingerprint density at radius 3 is 2.57 bits per heavy atom. The number of benzene rings is 1. The van der Waals surface area contributed by atoms with Gasteiger partial charge in [-0.05, 0) is 46.7 Å². The number of nitrogens with one attached hydrogen (secondary N) is 1. The largest absolute Gasteiger partial charge is 0.497 e. The Labute approximate surface area is 147 Å². The molecule has 21 heavy (non-hydrogen) atoms. The van der Waals surface area contributed by atoms with Crippen LogP contribution in [-0.4, -0.2) is 24.1 Å². The minimum absolute atomic E-state index is 0.329. The highest BCUT2D eigenvalue weighted by Gasteiger charge is 2.17. The van der Waals surface area contributed by atoms with Crippen molar-refractivity contribution in [2.75, 3.05) is 19.5 Å². The summed E-state index contributed by atoms with van der Waals surface area (Å²) in [7, 11) is 3.53. The number of rotatable bonds is 4. The summed E-state index contributed by atoms with van der Waals surface area (Å²) in [5.41, 5.74) is 1.96. The predicted octanol–water partition coefficient (Wildman–Crippen LogP) is 4.68. The van der Waals surface area contributed by atoms with Gasteiger partial charge in [0.2, 0.25) is 0 Å². The topological polar surface area (TPSA) is 47.0 Å². The van der Waals surface area contributed by atoms with Crippen molar-refractivity contribution in [1.82, 2.24) is 9.97 Å². The zero-order valence-corrected chi connectivity index (χ0v) is 16.1. The van der Waals surface area contributed by atoms with Gasteiger partial charge in [-0.1, -0.05) is 29.8 Å². The van der Waals surface area contributed by atoms with Crippen molar-refractivity contribution in [3.63, 3.8) is 0 Å². The van der Waals surface area contributed by atoms with E-state index in [0.29, 0.717) is 11.7 Å². The number of hydrogen-bond donors (Lipinski definition) is 1. The molecule has 0 unspecified atom stereocenters. The Hall–Kier alpha value is -0.890. The van der Waals surface area contributed by atoms with Crippen LogP contribution in [0.3, 0.4) is 0 Å². The molecule has 0 bridgehead atoms. The third-order valence-electron chi connectivity index (χ3n) is 3.07. The average Bonchev–Trinajstić information content (AvgIpc) is 2.48. The van der Waals surface area contributed by atoms with Crippen LogP contribution in [0.5, 0.6) is 5.75 Å². The first-order valence-corrected chi connectivity index (χ1v) is 8.44. The molecule has 6 heteroatoms. The number of hydrogen-bond acceptors (Lipinski definition) is 4. The molecule has 2 rings (SSSR count). The molecule has 0 spiro atoms. The lowest BCUT2D eigenvalue weighted by Gasteiger charge is -2.14. The van der Waals surface area contributed by atoms with E-state index in [-0.39, 0.29) is 0 Å². The van der Waals surface area contributed by atoms with E-state index in [1.807, 2.05) is 25.2 Å². The molecule has 1 heterocycles. The van der Waals surface area contributed by atoms with Crippen LogP contribution in [-0.2, 0) is 0 Å². The molecule has 0 radical (unpaired) electrons. The van der Waals surface area contributed by atoms with Crippen molar-refractivity contribution >= 4 is 44.3 Å². The van der Waals surface area contributed by atoms with Crippen molar-refractivity contribution < 1.29 is 4.74 Å². The van der Waals surface area contributed by atoms with Crippen molar-refractivity contribution in [3.8, 4) is 17.1 Å². The van der Waals surface area contributed by atoms with E-state index >= 15 is 0 Å². The fourth-order valence-corrected chi connectivity index (χ4v) is 3.49. The zero-order valence-electron chi connectivity index (χ0n) is 12.4. The summed E-state index contributed by atoms with van der Waals surface area (Å²) in [5, 5.41) is 3.14. The molecule has 0 atom stereocenters. The fourth-order valence-electron chi connectivity index (χ4n) is 1.94. The van der Waals surface area contributed by atoms with Crippen LogP contribution >= 0.6 is 38.5 Å². The molecular weight excluding hydrogens is 445 g/mol. The van der Waals surface area contributed by atoms with Crippen LogP contribution in [0.15, 0.2) is 22.7 Å². The maximum Gasteiger partial charge on any atom is 0.163 e. The minimum Gasteiger partial charge on any atom is -0.497 e. The Bertz CT molecular complexity index is 662. The highest BCUT2D eigenvalue weighted by molar-refractivity contribution is 14.1. The van der Waals surface area contributed by atoms with E-state index in [2.05, 4.69) is 62.7 Å². The summed E-state index contributed by atoms with van der Waals surface area (Å²) in [4.78, 5) is 9.37. The van der Waals surface area contributed by atoms with Gasteiger partial charge < -0.3 is 10.1 Å². The van der Waals surface area contributed by atoms with E-state index < -0.39 is 0 Å². The van der Waals surface area contributed by atoms with Gasteiger partial charge in [0.05, 0.1) is 16.4 Å². The van der Waals surface area contributed by atoms with Crippen LogP contribution in [0.1, 0.15) is 25.5 Å². The van der Waals surface area contributed by atoms with E-state index in [1.54, 1.807) is 7.11 Å². The summed E-state index contributed by atoms with van der Waals surface area (Å²) in [5.74, 6) is 2.65. The molecule has 1 aromatic heterocycles. The second-order valence-corrected chi connectivity index (χ2v) is 6.78. The van der Waals surface area contributed by atoms with Gasteiger partial charge in [-0.3, -0.25) is 0 Å². The number of nitrogens with zero attached hydrogens (tertiary/aromatic N) is 2. The highest BCUT2D eigenvalue weighted by Crippen LogP contribution is 2.33. The number of ether oxygens (including phenoxy) is 1. The van der Waals surface area contributed by atoms with Crippen molar-refractivity contribution in [2.24, 2.45) is 0 Å². The van der Waals surface area contributed by atoms with Gasteiger partial charge in [-0.15, -0.1) is 0 Å². The van der Waals surface area contributed by atoms with Crippen molar-refractivity contribution in [3.05, 3.63) is 31.9 Å². The van der Waals surface area contributed by atoms with Crippen LogP contribution in [0.25, 0.3) is 11.4 Å². The molecule has 1 aromatic carbocycles. The zero-order chi connectivity index (χ0) is 15.6. The van der Waals surface area contributed by atoms with Crippen LogP contribution < -0.4 is 10.1 Å². The maximum absolute atomic E-state index is 5.30. The lowest BCUT2D eigenvalue weighted by molar-refractivity contribution is 0.415. The Morgan fingerprint density at radius 2 is 2.00 bits per heavy atom. The number of aromatic nitrogens is 2. The van der Waals surface area contributed by atoms with Gasteiger partial charge in [-0.2, -0.15) is 0 Å². The molecule has 4 nitrogen and oxygen atoms in total. The molecular formula is C15H17BrIN3O. The number of anilines is 1. The van der Waals surface area contributed by atoms with Crippen molar-refractivity contribution in [1.29, 1.82) is 0 Å². The van der Waals surface area contributed by atoms with E-state index in [0.717, 1.165) is 30.9 Å². The highest BCUT2D eigenvalue weighted by atomic mass is 127. The first kappa shape index (κ1) is 16.5. The molecule has 0 saturated carbocycles. The molecule has 0 saturated heterocycles. The predicted molar refractivity (Wildman–Crippen MR) is 98.1 cm³/mol. The minimum atomic E-state index is 0.329. The van der Waals surface area contributed by atoms with Gasteiger partial charge in [0.25, 0.3) is 0 Å². The smallest absolute Gasteiger partial charge is 0.163 e. The summed E-state index contributed by atoms with van der Waals surface area (Å²) in [6, 6.07) is 5.79. The molecule has 112 valence electrons. The lowest BCUT2D eigenvalue weighted by atomic mass is 10.1. The van der Waals surface area contributed by atoms with E-state index in [4.69, 9.17) is 9.72 Å². The molecule has 2 aromatic rings. The van der Waals surface area contributed by atoms with Gasteiger partial charge >= 0.3 is 0 Å². The third-order valence-corrected chi connectivity index (χ3v) is 4.83. The Kier molecular flexibility index (Phi) is 5.43. The first-order valence-electron chi connectivity index (χ1n) is 6.57. The number of halogens is 2. The van der Waals surface area contributed by atoms with Gasteiger partial charge in [0.1, 0.15) is 11.6 Å². The number of methoxy groups -OCH3 is 1. The van der Waals surface area contributed by atoms with Gasteiger partial charge in [-0.25, -0.2) is 9.97 Å². The second-order valence-electron chi connectivity index (χ2n) is 4.85. The van der Waals surface area contributed by atoms with E-state index in [9.17, 15) is 0 Å². The van der Waals surface area contributed by atoms with Crippen molar-refractivity contribution in [2.45, 2.75) is 19.8 Å². The quantitative estimate of drug-likeness (QED) is 0.671. The monoisotopic (exact) mass is 461 g/mol. The molecule has 0 fully saturated rings. The summed E-state index contributed by atoms with van der Waals surface area (Å²) in [6.45, 7) is 4.27. The SMILES string of the molecule is CNc1nc(-c2cc(OC)ccc2Br)nc(C(C)C)c1I. The van der Waals surface area contributed by atoms with Gasteiger partial charge in [0.15, 0.2) is 5.82 Å². The first-order chi connectivity index (χ1) is 9.97.